The van der Waals surface area contributed by atoms with Gasteiger partial charge in [0, 0.05) is 17.7 Å². The second-order valence-corrected chi connectivity index (χ2v) is 6.20. The molecule has 0 heterocycles. The van der Waals surface area contributed by atoms with Gasteiger partial charge in [0.2, 0.25) is 0 Å². The Morgan fingerprint density at radius 1 is 1.40 bits per heavy atom. The number of hydrogen-bond donors (Lipinski definition) is 1. The predicted octanol–water partition coefficient (Wildman–Crippen LogP) is 3.98. The van der Waals surface area contributed by atoms with Crippen molar-refractivity contribution in [1.82, 2.24) is 0 Å². The van der Waals surface area contributed by atoms with Crippen LogP contribution in [0.15, 0.2) is 18.2 Å². The van der Waals surface area contributed by atoms with Gasteiger partial charge in [-0.2, -0.15) is 0 Å². The molecule has 1 aliphatic carbocycles. The van der Waals surface area contributed by atoms with Gasteiger partial charge in [-0.05, 0) is 37.0 Å². The van der Waals surface area contributed by atoms with Crippen molar-refractivity contribution >= 4 is 11.6 Å². The first kappa shape index (κ1) is 15.6. The number of benzene rings is 1. The SMILES string of the molecule is COc1ccc(Cl)cc1C(O)C1(OC)CCCC(C)C1. The summed E-state index contributed by atoms with van der Waals surface area (Å²) in [4.78, 5) is 0. The fourth-order valence-corrected chi connectivity index (χ4v) is 3.47. The zero-order valence-electron chi connectivity index (χ0n) is 12.4. The molecule has 0 saturated heterocycles. The number of ether oxygens (including phenoxy) is 2. The third-order valence-corrected chi connectivity index (χ3v) is 4.62. The first-order chi connectivity index (χ1) is 9.52. The molecule has 3 atom stereocenters. The number of hydrogen-bond acceptors (Lipinski definition) is 3. The molecule has 3 nitrogen and oxygen atoms in total. The number of aliphatic hydroxyl groups is 1. The van der Waals surface area contributed by atoms with Crippen LogP contribution in [0.5, 0.6) is 5.75 Å². The van der Waals surface area contributed by atoms with Gasteiger partial charge in [-0.15, -0.1) is 0 Å². The lowest BCUT2D eigenvalue weighted by atomic mass is 9.74. The molecule has 0 bridgehead atoms. The van der Waals surface area contributed by atoms with Crippen LogP contribution in [0.1, 0.15) is 44.3 Å². The zero-order valence-corrected chi connectivity index (χ0v) is 13.1. The topological polar surface area (TPSA) is 38.7 Å². The van der Waals surface area contributed by atoms with Gasteiger partial charge in [0.05, 0.1) is 12.7 Å². The summed E-state index contributed by atoms with van der Waals surface area (Å²) in [5.74, 6) is 1.19. The van der Waals surface area contributed by atoms with Gasteiger partial charge in [0.15, 0.2) is 0 Å². The molecule has 112 valence electrons. The second kappa shape index (κ2) is 6.33. The Bertz CT molecular complexity index is 463. The number of halogens is 1. The molecule has 0 radical (unpaired) electrons. The Morgan fingerprint density at radius 2 is 2.15 bits per heavy atom. The lowest BCUT2D eigenvalue weighted by Gasteiger charge is -2.42. The molecule has 0 aromatic heterocycles. The highest BCUT2D eigenvalue weighted by molar-refractivity contribution is 6.30. The first-order valence-corrected chi connectivity index (χ1v) is 7.47. The highest BCUT2D eigenvalue weighted by Crippen LogP contribution is 2.45. The minimum absolute atomic E-state index is 0.545. The van der Waals surface area contributed by atoms with Crippen LogP contribution in [-0.4, -0.2) is 24.9 Å². The smallest absolute Gasteiger partial charge is 0.124 e. The van der Waals surface area contributed by atoms with Crippen LogP contribution in [0.25, 0.3) is 0 Å². The lowest BCUT2D eigenvalue weighted by molar-refractivity contribution is -0.134. The largest absolute Gasteiger partial charge is 0.496 e. The normalized spacial score (nSPS) is 28.1. The molecule has 2 rings (SSSR count). The van der Waals surface area contributed by atoms with Gasteiger partial charge >= 0.3 is 0 Å². The summed E-state index contributed by atoms with van der Waals surface area (Å²) < 4.78 is 11.1. The van der Waals surface area contributed by atoms with E-state index in [1.54, 1.807) is 32.4 Å². The van der Waals surface area contributed by atoms with E-state index in [4.69, 9.17) is 21.1 Å². The molecule has 4 heteroatoms. The minimum Gasteiger partial charge on any atom is -0.496 e. The van der Waals surface area contributed by atoms with Crippen molar-refractivity contribution in [3.8, 4) is 5.75 Å². The summed E-state index contributed by atoms with van der Waals surface area (Å²) in [6.45, 7) is 2.20. The molecule has 1 saturated carbocycles. The molecule has 1 aliphatic rings. The second-order valence-electron chi connectivity index (χ2n) is 5.76. The molecular weight excluding hydrogens is 276 g/mol. The van der Waals surface area contributed by atoms with Crippen LogP contribution in [-0.2, 0) is 4.74 Å². The monoisotopic (exact) mass is 298 g/mol. The number of methoxy groups -OCH3 is 2. The van der Waals surface area contributed by atoms with Crippen LogP contribution in [0.2, 0.25) is 5.02 Å². The standard InChI is InChI=1S/C16H23ClO3/c1-11-5-4-8-16(10-11,20-3)15(18)13-9-12(17)6-7-14(13)19-2/h6-7,9,11,15,18H,4-5,8,10H2,1-3H3. The van der Waals surface area contributed by atoms with Crippen molar-refractivity contribution in [3.05, 3.63) is 28.8 Å². The van der Waals surface area contributed by atoms with E-state index >= 15 is 0 Å². The average Bonchev–Trinajstić information content (AvgIpc) is 2.46. The Morgan fingerprint density at radius 3 is 2.75 bits per heavy atom. The van der Waals surface area contributed by atoms with Crippen molar-refractivity contribution < 1.29 is 14.6 Å². The third-order valence-electron chi connectivity index (χ3n) is 4.38. The maximum absolute atomic E-state index is 10.9. The van der Waals surface area contributed by atoms with Gasteiger partial charge in [0.25, 0.3) is 0 Å². The van der Waals surface area contributed by atoms with E-state index < -0.39 is 11.7 Å². The fourth-order valence-electron chi connectivity index (χ4n) is 3.29. The van der Waals surface area contributed by atoms with Crippen molar-refractivity contribution in [2.75, 3.05) is 14.2 Å². The van der Waals surface area contributed by atoms with Crippen LogP contribution in [0.4, 0.5) is 0 Å². The van der Waals surface area contributed by atoms with E-state index in [-0.39, 0.29) is 0 Å². The Kier molecular flexibility index (Phi) is 4.95. The van der Waals surface area contributed by atoms with Gasteiger partial charge in [-0.25, -0.2) is 0 Å². The van der Waals surface area contributed by atoms with Crippen molar-refractivity contribution in [1.29, 1.82) is 0 Å². The van der Waals surface area contributed by atoms with Crippen LogP contribution in [0, 0.1) is 5.92 Å². The molecule has 0 amide bonds. The lowest BCUT2D eigenvalue weighted by Crippen LogP contribution is -2.42. The van der Waals surface area contributed by atoms with Crippen molar-refractivity contribution in [2.45, 2.75) is 44.3 Å². The van der Waals surface area contributed by atoms with Crippen LogP contribution in [0.3, 0.4) is 0 Å². The molecule has 1 aromatic carbocycles. The summed E-state index contributed by atoms with van der Waals surface area (Å²) in [5, 5.41) is 11.5. The molecule has 0 spiro atoms. The van der Waals surface area contributed by atoms with E-state index in [1.807, 2.05) is 0 Å². The maximum Gasteiger partial charge on any atom is 0.124 e. The summed E-state index contributed by atoms with van der Waals surface area (Å²) in [5.41, 5.74) is 0.159. The predicted molar refractivity (Wildman–Crippen MR) is 80.3 cm³/mol. The average molecular weight is 299 g/mol. The fraction of sp³-hybridized carbons (Fsp3) is 0.625. The highest BCUT2D eigenvalue weighted by atomic mass is 35.5. The van der Waals surface area contributed by atoms with Gasteiger partial charge in [-0.3, -0.25) is 0 Å². The molecule has 1 fully saturated rings. The Labute approximate surface area is 125 Å². The van der Waals surface area contributed by atoms with Crippen LogP contribution < -0.4 is 4.74 Å². The zero-order chi connectivity index (χ0) is 14.8. The van der Waals surface area contributed by atoms with E-state index in [2.05, 4.69) is 6.92 Å². The van der Waals surface area contributed by atoms with Crippen LogP contribution >= 0.6 is 11.6 Å². The summed E-state index contributed by atoms with van der Waals surface area (Å²) in [7, 11) is 3.28. The maximum atomic E-state index is 10.9. The quantitative estimate of drug-likeness (QED) is 0.914. The molecule has 1 N–H and O–H groups in total. The highest BCUT2D eigenvalue weighted by Gasteiger charge is 2.43. The molecule has 1 aromatic rings. The minimum atomic E-state index is -0.733. The van der Waals surface area contributed by atoms with E-state index in [1.165, 1.54) is 6.42 Å². The summed E-state index contributed by atoms with van der Waals surface area (Å²) in [6, 6.07) is 5.32. The molecule has 3 unspecified atom stereocenters. The number of aliphatic hydroxyl groups excluding tert-OH is 1. The van der Waals surface area contributed by atoms with E-state index in [0.717, 1.165) is 19.3 Å². The first-order valence-electron chi connectivity index (χ1n) is 7.09. The van der Waals surface area contributed by atoms with Crippen molar-refractivity contribution in [2.24, 2.45) is 5.92 Å². The third kappa shape index (κ3) is 2.95. The summed E-state index contributed by atoms with van der Waals surface area (Å²) >= 11 is 6.07. The Balaban J connectivity index is 2.37. The number of rotatable bonds is 4. The van der Waals surface area contributed by atoms with E-state index in [9.17, 15) is 5.11 Å². The van der Waals surface area contributed by atoms with Gasteiger partial charge in [-0.1, -0.05) is 31.4 Å². The van der Waals surface area contributed by atoms with Gasteiger partial charge in [0.1, 0.15) is 11.9 Å². The molecule has 0 aliphatic heterocycles. The molecule has 20 heavy (non-hydrogen) atoms. The van der Waals surface area contributed by atoms with Crippen molar-refractivity contribution in [3.63, 3.8) is 0 Å². The Hall–Kier alpha value is -0.770. The summed E-state index contributed by atoms with van der Waals surface area (Å²) in [6.07, 6.45) is 3.22. The van der Waals surface area contributed by atoms with E-state index in [0.29, 0.717) is 22.3 Å². The van der Waals surface area contributed by atoms with Gasteiger partial charge < -0.3 is 14.6 Å². The molecular formula is C16H23ClO3.